The lowest BCUT2D eigenvalue weighted by Gasteiger charge is -2.59. The zero-order valence-electron chi connectivity index (χ0n) is 43.3. The van der Waals surface area contributed by atoms with E-state index in [2.05, 4.69) is 77.8 Å². The number of aliphatic hydroxyl groups excluding tert-OH is 1. The summed E-state index contributed by atoms with van der Waals surface area (Å²) < 4.78 is 56.6. The van der Waals surface area contributed by atoms with Crippen LogP contribution in [0.3, 0.4) is 0 Å². The topological polar surface area (TPSA) is 229 Å². The van der Waals surface area contributed by atoms with E-state index < -0.39 is 42.9 Å². The Morgan fingerprint density at radius 2 is 1.71 bits per heavy atom. The Morgan fingerprint density at radius 1 is 0.973 bits per heavy atom. The van der Waals surface area contributed by atoms with Gasteiger partial charge in [-0.1, -0.05) is 38.1 Å². The van der Waals surface area contributed by atoms with Crippen molar-refractivity contribution >= 4 is 44.2 Å². The fourth-order valence-electron chi connectivity index (χ4n) is 12.6. The van der Waals surface area contributed by atoms with Crippen LogP contribution in [0.15, 0.2) is 71.9 Å². The lowest BCUT2D eigenvalue weighted by molar-refractivity contribution is -0.384. The van der Waals surface area contributed by atoms with E-state index in [-0.39, 0.29) is 63.3 Å². The van der Waals surface area contributed by atoms with Crippen LogP contribution in [0.1, 0.15) is 131 Å². The van der Waals surface area contributed by atoms with Crippen LogP contribution in [0, 0.1) is 27.3 Å². The molecule has 1 spiro atoms. The number of piperidine rings is 1. The van der Waals surface area contributed by atoms with Gasteiger partial charge in [0, 0.05) is 87.5 Å². The van der Waals surface area contributed by atoms with Crippen LogP contribution in [-0.2, 0) is 10.0 Å². The first-order valence-electron chi connectivity index (χ1n) is 26.6. The highest BCUT2D eigenvalue weighted by Crippen LogP contribution is 2.54. The van der Waals surface area contributed by atoms with Crippen molar-refractivity contribution in [1.29, 1.82) is 0 Å². The number of halogens is 1. The molecule has 18 nitrogen and oxygen atoms in total. The summed E-state index contributed by atoms with van der Waals surface area (Å²) in [5, 5.41) is 35.9. The number of aliphatic hydroxyl groups is 2. The third-order valence-electron chi connectivity index (χ3n) is 17.1. The second-order valence-electron chi connectivity index (χ2n) is 22.4. The van der Waals surface area contributed by atoms with Gasteiger partial charge in [-0.15, -0.1) is 0 Å². The minimum absolute atomic E-state index is 0.0132. The maximum absolute atomic E-state index is 14.9. The zero-order valence-corrected chi connectivity index (χ0v) is 44.1. The first-order chi connectivity index (χ1) is 35.9. The number of nitro groups is 1. The van der Waals surface area contributed by atoms with E-state index in [0.29, 0.717) is 50.2 Å². The summed E-state index contributed by atoms with van der Waals surface area (Å²) in [6, 6.07) is 17.3. The summed E-state index contributed by atoms with van der Waals surface area (Å²) >= 11 is 0. The second-order valence-corrected chi connectivity index (χ2v) is 24.1. The Labute approximate surface area is 437 Å². The van der Waals surface area contributed by atoms with E-state index in [0.717, 1.165) is 108 Å². The van der Waals surface area contributed by atoms with Gasteiger partial charge in [0.2, 0.25) is 5.82 Å². The molecule has 3 aliphatic carbocycles. The Hall–Kier alpha value is -5.93. The Kier molecular flexibility index (Phi) is 14.9. The maximum Gasteiger partial charge on any atom is 0.312 e. The van der Waals surface area contributed by atoms with Crippen molar-refractivity contribution in [2.45, 2.75) is 138 Å². The van der Waals surface area contributed by atoms with E-state index in [4.69, 9.17) is 9.47 Å². The number of H-pyrrole nitrogens is 1. The largest absolute Gasteiger partial charge is 0.478 e. The minimum Gasteiger partial charge on any atom is -0.478 e. The number of ether oxygens (including phenoxy) is 2. The molecule has 2 aliphatic heterocycles. The van der Waals surface area contributed by atoms with E-state index in [1.807, 2.05) is 0 Å². The number of carbonyl (C=O) groups excluding carboxylic acids is 1. The highest BCUT2D eigenvalue weighted by atomic mass is 32.2. The lowest BCUT2D eigenvalue weighted by atomic mass is 9.59. The van der Waals surface area contributed by atoms with Crippen LogP contribution in [0.5, 0.6) is 17.4 Å². The van der Waals surface area contributed by atoms with Gasteiger partial charge < -0.3 is 34.9 Å². The number of amides is 1. The number of methoxy groups -OCH3 is 1. The molecule has 1 atom stereocenters. The van der Waals surface area contributed by atoms with Gasteiger partial charge in [0.25, 0.3) is 21.8 Å². The summed E-state index contributed by atoms with van der Waals surface area (Å²) in [6.45, 7) is 11.2. The van der Waals surface area contributed by atoms with Crippen molar-refractivity contribution < 1.29 is 42.2 Å². The molecule has 0 unspecified atom stereocenters. The molecular formula is C55H70FN9O9S. The van der Waals surface area contributed by atoms with E-state index in [1.165, 1.54) is 30.4 Å². The third kappa shape index (κ3) is 11.2. The quantitative estimate of drug-likeness (QED) is 0.0487. The average Bonchev–Trinajstić information content (AvgIpc) is 3.75. The molecule has 2 aromatic carbocycles. The number of piperazine rings is 1. The predicted octanol–water partition coefficient (Wildman–Crippen LogP) is 8.81. The molecule has 3 saturated carbocycles. The molecule has 5 aliphatic rings. The number of carbonyl (C=O) groups is 1. The number of nitrogens with zero attached hydrogens (tertiary/aromatic N) is 6. The summed E-state index contributed by atoms with van der Waals surface area (Å²) in [5.41, 5.74) is 2.43. The number of aromatic nitrogens is 3. The minimum atomic E-state index is -4.74. The summed E-state index contributed by atoms with van der Waals surface area (Å²) in [7, 11) is -3.37. The van der Waals surface area contributed by atoms with Crippen LogP contribution in [0.2, 0.25) is 0 Å². The molecule has 20 heteroatoms. The Morgan fingerprint density at radius 3 is 2.41 bits per heavy atom. The summed E-state index contributed by atoms with van der Waals surface area (Å²) in [5.74, 6) is -1.34. The van der Waals surface area contributed by atoms with Crippen molar-refractivity contribution in [3.05, 3.63) is 99.6 Å². The van der Waals surface area contributed by atoms with Crippen molar-refractivity contribution in [1.82, 2.24) is 29.5 Å². The van der Waals surface area contributed by atoms with Crippen molar-refractivity contribution in [3.8, 4) is 17.4 Å². The number of sulfonamides is 1. The van der Waals surface area contributed by atoms with Crippen LogP contribution in [-0.4, -0.2) is 124 Å². The average molecular weight is 1050 g/mol. The molecule has 5 aromatic rings. The maximum atomic E-state index is 14.9. The van der Waals surface area contributed by atoms with Gasteiger partial charge in [-0.3, -0.25) is 24.7 Å². The zero-order chi connectivity index (χ0) is 52.8. The number of nitrogens with one attached hydrogen (secondary N) is 3. The number of benzene rings is 2. The SMILES string of the molecule is COc1nc2[nH]cc(F)c2cc1Oc1cc(N2CCC3(CC2)CC(N2CCN(C4CCC(O)CC4)C[C@H]2c2ccccc2C(C)C)C3)ccc1C(=O)NS(=O)(=O)c1cnc(NCC2CCC(C)(O)CC2)c([N+](=O)[O-])c1. The molecule has 0 bridgehead atoms. The van der Waals surface area contributed by atoms with Crippen molar-refractivity contribution in [3.63, 3.8) is 0 Å². The fraction of sp³-hybridized carbons (Fsp3) is 0.545. The molecule has 2 saturated heterocycles. The van der Waals surface area contributed by atoms with E-state index >= 15 is 0 Å². The number of rotatable bonds is 15. The standard InChI is InChI=1S/C55H70FN9O9S/c1-34(2)41-7-5-6-8-42(41)47-33-63(36-9-12-39(66)13-10-36)23-24-64(47)38-28-55(29-38)19-21-62(22-20-55)37-11-14-43(48(25-37)74-49-27-44-45(56)32-59-50(44)60-53(49)73-4)52(67)61-75(71,72)40-26-46(65(69)70)51(58-31-40)57-30-35-15-17-54(3,68)18-16-35/h5-8,11,14,25-27,31-32,34-36,38-39,47,66,68H,9-10,12-13,15-24,28-30,33H2,1-4H3,(H,57,58)(H,59,60)(H,61,67)/t35?,36?,39?,47-,54?/m0/s1. The molecule has 75 heavy (non-hydrogen) atoms. The summed E-state index contributed by atoms with van der Waals surface area (Å²) in [6.07, 6.45) is 12.5. The van der Waals surface area contributed by atoms with Gasteiger partial charge in [0.05, 0.1) is 40.9 Å². The van der Waals surface area contributed by atoms with Gasteiger partial charge in [-0.05, 0) is 124 Å². The number of pyridine rings is 2. The van der Waals surface area contributed by atoms with Gasteiger partial charge in [0.15, 0.2) is 5.75 Å². The molecule has 5 N–H and O–H groups in total. The van der Waals surface area contributed by atoms with E-state index in [9.17, 15) is 37.9 Å². The van der Waals surface area contributed by atoms with Crippen LogP contribution < -0.4 is 24.4 Å². The van der Waals surface area contributed by atoms with Crippen LogP contribution >= 0.6 is 0 Å². The number of aromatic amines is 1. The number of fused-ring (bicyclic) bond motifs is 1. The normalized spacial score (nSPS) is 24.8. The Balaban J connectivity index is 0.859. The van der Waals surface area contributed by atoms with Gasteiger partial charge in [0.1, 0.15) is 22.1 Å². The number of hydrogen-bond donors (Lipinski definition) is 5. The number of anilines is 2. The Bertz CT molecular complexity index is 3010. The number of hydrogen-bond acceptors (Lipinski definition) is 15. The molecular weight excluding hydrogens is 982 g/mol. The first kappa shape index (κ1) is 52.5. The van der Waals surface area contributed by atoms with Crippen molar-refractivity contribution in [2.24, 2.45) is 11.3 Å². The van der Waals surface area contributed by atoms with Gasteiger partial charge in [-0.2, -0.15) is 4.98 Å². The summed E-state index contributed by atoms with van der Waals surface area (Å²) in [4.78, 5) is 44.0. The van der Waals surface area contributed by atoms with E-state index in [1.54, 1.807) is 19.1 Å². The van der Waals surface area contributed by atoms with Crippen LogP contribution in [0.4, 0.5) is 21.6 Å². The second kappa shape index (κ2) is 21.2. The molecule has 0 radical (unpaired) electrons. The molecule has 3 aromatic heterocycles. The highest BCUT2D eigenvalue weighted by molar-refractivity contribution is 7.90. The van der Waals surface area contributed by atoms with Crippen molar-refractivity contribution in [2.75, 3.05) is 56.6 Å². The molecule has 5 fully saturated rings. The molecule has 5 heterocycles. The first-order valence-corrected chi connectivity index (χ1v) is 28.1. The van der Waals surface area contributed by atoms with Crippen LogP contribution in [0.25, 0.3) is 11.0 Å². The molecule has 402 valence electrons. The smallest absolute Gasteiger partial charge is 0.312 e. The van der Waals surface area contributed by atoms with Gasteiger partial charge in [-0.25, -0.2) is 22.5 Å². The third-order valence-corrected chi connectivity index (χ3v) is 18.4. The fourth-order valence-corrected chi connectivity index (χ4v) is 13.5. The van der Waals surface area contributed by atoms with Gasteiger partial charge >= 0.3 is 5.69 Å². The molecule has 1 amide bonds. The monoisotopic (exact) mass is 1050 g/mol. The molecule has 10 rings (SSSR count). The highest BCUT2D eigenvalue weighted by Gasteiger charge is 2.50. The lowest BCUT2D eigenvalue weighted by Crippen LogP contribution is -2.61. The predicted molar refractivity (Wildman–Crippen MR) is 282 cm³/mol.